The van der Waals surface area contributed by atoms with Crippen LogP contribution in [0.1, 0.15) is 0 Å². The molecule has 2 unspecified atom stereocenters. The van der Waals surface area contributed by atoms with E-state index in [0.717, 1.165) is 0 Å². The van der Waals surface area contributed by atoms with Crippen LogP contribution in [0.3, 0.4) is 0 Å². The summed E-state index contributed by atoms with van der Waals surface area (Å²) in [6.45, 7) is 0.341. The molecule has 0 amide bonds. The fourth-order valence-electron chi connectivity index (χ4n) is 2.13. The van der Waals surface area contributed by atoms with Crippen molar-refractivity contribution in [1.29, 1.82) is 0 Å². The summed E-state index contributed by atoms with van der Waals surface area (Å²) in [6.07, 6.45) is -0.431. The number of aliphatic hydroxyl groups is 2. The number of rotatable bonds is 4. The zero-order chi connectivity index (χ0) is 15.9. The molecule has 6 N–H and O–H groups in total. The van der Waals surface area contributed by atoms with E-state index in [0.29, 0.717) is 11.2 Å². The third-order valence-corrected chi connectivity index (χ3v) is 3.59. The average Bonchev–Trinajstić information content (AvgIpc) is 3.08. The Morgan fingerprint density at radius 1 is 1.45 bits per heavy atom. The van der Waals surface area contributed by atoms with Gasteiger partial charge in [-0.25, -0.2) is 4.98 Å². The van der Waals surface area contributed by atoms with Crippen LogP contribution >= 0.6 is 8.46 Å². The number of hydrogen-bond donors (Lipinski definition) is 4. The molecule has 3 rings (SSSR count). The Kier molecular flexibility index (Phi) is 3.67. The van der Waals surface area contributed by atoms with E-state index in [-0.39, 0.29) is 24.9 Å². The molecule has 22 heavy (non-hydrogen) atoms. The molecule has 1 saturated heterocycles. The number of nitrogen functional groups attached to an aromatic ring is 2. The second-order valence-electron chi connectivity index (χ2n) is 4.74. The van der Waals surface area contributed by atoms with Crippen molar-refractivity contribution in [2.45, 2.75) is 24.5 Å². The van der Waals surface area contributed by atoms with Crippen molar-refractivity contribution in [3.63, 3.8) is 0 Å². The van der Waals surface area contributed by atoms with Gasteiger partial charge in [-0.15, -0.1) is 0 Å². The molecule has 0 aromatic carbocycles. The van der Waals surface area contributed by atoms with Crippen molar-refractivity contribution in [3.8, 4) is 0 Å². The van der Waals surface area contributed by atoms with Crippen LogP contribution in [0.5, 0.6) is 0 Å². The highest BCUT2D eigenvalue weighted by molar-refractivity contribution is 7.25. The first-order valence-electron chi connectivity index (χ1n) is 6.21. The lowest BCUT2D eigenvalue weighted by atomic mass is 10.4. The van der Waals surface area contributed by atoms with E-state index in [1.807, 2.05) is 0 Å². The van der Waals surface area contributed by atoms with Crippen molar-refractivity contribution >= 4 is 31.4 Å². The van der Waals surface area contributed by atoms with Gasteiger partial charge in [0.1, 0.15) is 11.6 Å². The van der Waals surface area contributed by atoms with Crippen molar-refractivity contribution in [1.82, 2.24) is 19.5 Å². The topological polar surface area (TPSA) is 172 Å². The van der Waals surface area contributed by atoms with E-state index in [2.05, 4.69) is 15.0 Å². The zero-order valence-electron chi connectivity index (χ0n) is 11.2. The molecule has 12 heteroatoms. The molecule has 2 atom stereocenters. The molecule has 1 fully saturated rings. The van der Waals surface area contributed by atoms with E-state index in [1.54, 1.807) is 4.57 Å². The minimum atomic E-state index is -2.59. The van der Waals surface area contributed by atoms with Gasteiger partial charge in [0.2, 0.25) is 20.7 Å². The Labute approximate surface area is 125 Å². The summed E-state index contributed by atoms with van der Waals surface area (Å²) in [7, 11) is -0.910. The van der Waals surface area contributed by atoms with Crippen molar-refractivity contribution in [3.05, 3.63) is 6.33 Å². The number of fused-ring (bicyclic) bond motifs is 1. The summed E-state index contributed by atoms with van der Waals surface area (Å²) in [5.74, 6) is 0.181. The number of nitrogens with two attached hydrogens (primary N) is 2. The lowest BCUT2D eigenvalue weighted by molar-refractivity contribution is -0.237. The predicted molar refractivity (Wildman–Crippen MR) is 73.5 cm³/mol. The van der Waals surface area contributed by atoms with Gasteiger partial charge in [-0.3, -0.25) is 4.57 Å². The van der Waals surface area contributed by atoms with Crippen LogP contribution < -0.4 is 11.5 Å². The fraction of sp³-hybridized carbons (Fsp3) is 0.500. The monoisotopic (exact) mass is 328 g/mol. The quantitative estimate of drug-likeness (QED) is 0.389. The third-order valence-electron chi connectivity index (χ3n) is 3.11. The molecule has 118 valence electrons. The molecule has 2 aromatic heterocycles. The largest absolute Gasteiger partial charge is 0.382 e. The standard InChI is InChI=1S/C10H13N6O5P/c11-6-5-7(15-9(12)14-6)16(3-13-5)1-4-2-20-8(21-4)10(17,18)22-19/h3-4,8,17-18H,1-2H2,(H4,11,12,14,15). The number of anilines is 2. The first-order valence-corrected chi connectivity index (χ1v) is 7.02. The number of nitrogens with zero attached hydrogens (tertiary/aromatic N) is 4. The minimum Gasteiger partial charge on any atom is -0.382 e. The first-order chi connectivity index (χ1) is 10.4. The minimum absolute atomic E-state index is 0.0168. The summed E-state index contributed by atoms with van der Waals surface area (Å²) in [4.78, 5) is 12.0. The van der Waals surface area contributed by atoms with Crippen LogP contribution in [0.2, 0.25) is 0 Å². The molecular formula is C10H13N6O5P. The molecule has 0 bridgehead atoms. The molecule has 0 aliphatic carbocycles. The average molecular weight is 328 g/mol. The highest BCUT2D eigenvalue weighted by Crippen LogP contribution is 2.29. The molecule has 1 aliphatic rings. The highest BCUT2D eigenvalue weighted by atomic mass is 31.1. The second-order valence-corrected chi connectivity index (χ2v) is 5.58. The number of ether oxygens (including phenoxy) is 2. The van der Waals surface area contributed by atoms with Crippen LogP contribution in [0.4, 0.5) is 11.8 Å². The molecule has 0 radical (unpaired) electrons. The van der Waals surface area contributed by atoms with E-state index >= 15 is 0 Å². The van der Waals surface area contributed by atoms with Crippen LogP contribution in [0.15, 0.2) is 6.33 Å². The van der Waals surface area contributed by atoms with Crippen LogP contribution in [0, 0.1) is 0 Å². The van der Waals surface area contributed by atoms with Gasteiger partial charge in [0, 0.05) is 0 Å². The highest BCUT2D eigenvalue weighted by Gasteiger charge is 2.44. The summed E-state index contributed by atoms with van der Waals surface area (Å²) in [5, 5.41) is 18.8. The second kappa shape index (κ2) is 5.38. The van der Waals surface area contributed by atoms with Gasteiger partial charge in [0.25, 0.3) is 5.53 Å². The van der Waals surface area contributed by atoms with Crippen LogP contribution in [-0.4, -0.2) is 54.3 Å². The van der Waals surface area contributed by atoms with E-state index < -0.39 is 26.4 Å². The van der Waals surface area contributed by atoms with E-state index in [4.69, 9.17) is 20.9 Å². The Morgan fingerprint density at radius 2 is 2.23 bits per heavy atom. The maximum Gasteiger partial charge on any atom is 0.299 e. The smallest absolute Gasteiger partial charge is 0.299 e. The molecule has 2 aromatic rings. The molecular weight excluding hydrogens is 315 g/mol. The third kappa shape index (κ3) is 2.60. The maximum absolute atomic E-state index is 10.7. The Morgan fingerprint density at radius 3 is 2.95 bits per heavy atom. The number of hydrogen-bond acceptors (Lipinski definition) is 10. The fourth-order valence-corrected chi connectivity index (χ4v) is 2.35. The van der Waals surface area contributed by atoms with Gasteiger partial charge >= 0.3 is 0 Å². The Balaban J connectivity index is 1.79. The van der Waals surface area contributed by atoms with Crippen molar-refractivity contribution in [2.75, 3.05) is 18.1 Å². The van der Waals surface area contributed by atoms with Gasteiger partial charge in [0.05, 0.1) is 19.5 Å². The summed E-state index contributed by atoms with van der Waals surface area (Å²) in [6, 6.07) is 0. The molecule has 3 heterocycles. The van der Waals surface area contributed by atoms with Gasteiger partial charge in [-0.05, 0) is 0 Å². The normalized spacial score (nSPS) is 22.6. The summed E-state index contributed by atoms with van der Waals surface area (Å²) in [5.41, 5.74) is 9.51. The Bertz CT molecular complexity index is 721. The summed E-state index contributed by atoms with van der Waals surface area (Å²) < 4.78 is 22.7. The van der Waals surface area contributed by atoms with Crippen LogP contribution in [-0.2, 0) is 20.6 Å². The molecule has 0 spiro atoms. The number of aromatic nitrogens is 4. The van der Waals surface area contributed by atoms with E-state index in [1.165, 1.54) is 6.33 Å². The van der Waals surface area contributed by atoms with Crippen molar-refractivity contribution in [2.24, 2.45) is 0 Å². The maximum atomic E-state index is 10.7. The predicted octanol–water partition coefficient (Wildman–Crippen LogP) is -1.34. The molecule has 11 nitrogen and oxygen atoms in total. The van der Waals surface area contributed by atoms with Crippen LogP contribution in [0.25, 0.3) is 11.2 Å². The molecule has 0 saturated carbocycles. The van der Waals surface area contributed by atoms with E-state index in [9.17, 15) is 14.8 Å². The van der Waals surface area contributed by atoms with Gasteiger partial charge < -0.3 is 35.7 Å². The SMILES string of the molecule is Nc1nc(N)c2ncn(CC3COC(C(O)(O)P=O)O3)c2n1. The first kappa shape index (κ1) is 15.0. The zero-order valence-corrected chi connectivity index (χ0v) is 12.1. The lowest BCUT2D eigenvalue weighted by Crippen LogP contribution is -2.37. The van der Waals surface area contributed by atoms with Gasteiger partial charge in [-0.1, -0.05) is 0 Å². The summed E-state index contributed by atoms with van der Waals surface area (Å²) >= 11 is 0. The molecule has 1 aliphatic heterocycles. The Hall–Kier alpha value is -1.91. The van der Waals surface area contributed by atoms with Crippen molar-refractivity contribution < 1.29 is 24.3 Å². The number of imidazole rings is 1. The van der Waals surface area contributed by atoms with Gasteiger partial charge in [0.15, 0.2) is 11.5 Å². The van der Waals surface area contributed by atoms with Gasteiger partial charge in [-0.2, -0.15) is 9.97 Å². The lowest BCUT2D eigenvalue weighted by Gasteiger charge is -2.19.